The Bertz CT molecular complexity index is 1520. The zero-order chi connectivity index (χ0) is 29.3. The summed E-state index contributed by atoms with van der Waals surface area (Å²) in [6.07, 6.45) is -4.05. The van der Waals surface area contributed by atoms with Gasteiger partial charge in [0.15, 0.2) is 0 Å². The number of anilines is 1. The Morgan fingerprint density at radius 3 is 2.51 bits per heavy atom. The lowest BCUT2D eigenvalue weighted by Gasteiger charge is -2.47. The minimum atomic E-state index is -4.62. The topological polar surface area (TPSA) is 83.2 Å². The first-order valence-electron chi connectivity index (χ1n) is 13.7. The normalized spacial score (nSPS) is 24.0. The summed E-state index contributed by atoms with van der Waals surface area (Å²) < 4.78 is 50.7. The van der Waals surface area contributed by atoms with Crippen molar-refractivity contribution >= 4 is 17.7 Å². The van der Waals surface area contributed by atoms with E-state index in [4.69, 9.17) is 9.15 Å². The fourth-order valence-corrected chi connectivity index (χ4v) is 6.98. The largest absolute Gasteiger partial charge is 0.491 e. The molecule has 0 saturated carbocycles. The van der Waals surface area contributed by atoms with Crippen molar-refractivity contribution in [3.8, 4) is 5.75 Å². The van der Waals surface area contributed by atoms with Crippen LogP contribution in [0.1, 0.15) is 67.7 Å². The summed E-state index contributed by atoms with van der Waals surface area (Å²) in [7, 11) is 0. The van der Waals surface area contributed by atoms with Crippen LogP contribution < -0.4 is 9.64 Å². The Morgan fingerprint density at radius 2 is 1.83 bits per heavy atom. The van der Waals surface area contributed by atoms with E-state index in [1.807, 2.05) is 51.1 Å². The van der Waals surface area contributed by atoms with Gasteiger partial charge >= 0.3 is 12.3 Å². The number of furan rings is 1. The van der Waals surface area contributed by atoms with E-state index >= 15 is 0 Å². The second kappa shape index (κ2) is 9.29. The molecule has 3 unspecified atom stereocenters. The number of para-hydroxylation sites is 1. The quantitative estimate of drug-likeness (QED) is 0.376. The fraction of sp³-hybridized carbons (Fsp3) is 0.419. The van der Waals surface area contributed by atoms with Crippen molar-refractivity contribution in [3.63, 3.8) is 0 Å². The molecule has 0 bridgehead atoms. The highest BCUT2D eigenvalue weighted by Crippen LogP contribution is 2.54. The number of hydrogen-bond donors (Lipinski definition) is 1. The van der Waals surface area contributed by atoms with Crippen LogP contribution in [-0.2, 0) is 22.9 Å². The van der Waals surface area contributed by atoms with Crippen LogP contribution in [0, 0.1) is 5.41 Å². The number of fused-ring (bicyclic) bond motifs is 4. The number of rotatable bonds is 3. The lowest BCUT2D eigenvalue weighted by Crippen LogP contribution is -2.53. The van der Waals surface area contributed by atoms with Gasteiger partial charge in [-0.3, -0.25) is 4.79 Å². The van der Waals surface area contributed by atoms with Crippen LogP contribution in [0.3, 0.4) is 0 Å². The number of halogens is 3. The molecule has 2 aromatic carbocycles. The maximum Gasteiger partial charge on any atom is 0.449 e. The number of ether oxygens (including phenoxy) is 1. The van der Waals surface area contributed by atoms with Crippen LogP contribution in [0.5, 0.6) is 5.75 Å². The summed E-state index contributed by atoms with van der Waals surface area (Å²) in [5, 5.41) is 9.99. The molecular formula is C31H31F3N2O5. The van der Waals surface area contributed by atoms with Crippen molar-refractivity contribution < 1.29 is 37.0 Å². The van der Waals surface area contributed by atoms with Crippen molar-refractivity contribution in [2.75, 3.05) is 18.1 Å². The summed E-state index contributed by atoms with van der Waals surface area (Å²) >= 11 is 0. The Balaban J connectivity index is 1.42. The first-order valence-corrected chi connectivity index (χ1v) is 13.7. The van der Waals surface area contributed by atoms with Gasteiger partial charge in [-0.25, -0.2) is 4.79 Å². The summed E-state index contributed by atoms with van der Waals surface area (Å²) in [5.41, 5.74) is 1.41. The van der Waals surface area contributed by atoms with E-state index in [1.54, 1.807) is 12.1 Å². The number of likely N-dealkylation sites (tertiary alicyclic amines) is 1. The molecule has 0 radical (unpaired) electrons. The van der Waals surface area contributed by atoms with Crippen molar-refractivity contribution in [1.82, 2.24) is 4.90 Å². The van der Waals surface area contributed by atoms with Crippen LogP contribution in [-0.4, -0.2) is 41.2 Å². The zero-order valence-corrected chi connectivity index (χ0v) is 23.0. The Kier molecular flexibility index (Phi) is 6.17. The van der Waals surface area contributed by atoms with Crippen molar-refractivity contribution in [2.24, 2.45) is 5.41 Å². The number of carbonyl (C=O) groups is 2. The third-order valence-corrected chi connectivity index (χ3v) is 8.62. The lowest BCUT2D eigenvalue weighted by molar-refractivity contribution is -0.153. The van der Waals surface area contributed by atoms with Crippen molar-refractivity contribution in [1.29, 1.82) is 0 Å². The van der Waals surface area contributed by atoms with E-state index in [2.05, 4.69) is 0 Å². The lowest BCUT2D eigenvalue weighted by atomic mass is 9.70. The molecule has 1 N–H and O–H groups in total. The zero-order valence-electron chi connectivity index (χ0n) is 23.0. The first kappa shape index (κ1) is 27.2. The molecule has 6 rings (SSSR count). The van der Waals surface area contributed by atoms with Crippen LogP contribution >= 0.6 is 0 Å². The smallest absolute Gasteiger partial charge is 0.449 e. The van der Waals surface area contributed by atoms with Gasteiger partial charge < -0.3 is 24.1 Å². The fourth-order valence-electron chi connectivity index (χ4n) is 6.98. The highest BCUT2D eigenvalue weighted by Gasteiger charge is 2.57. The summed E-state index contributed by atoms with van der Waals surface area (Å²) in [4.78, 5) is 29.5. The molecule has 3 aliphatic rings. The molecule has 1 fully saturated rings. The number of alkyl halides is 3. The number of nitrogens with zero attached hydrogens (tertiary/aromatic N) is 2. The van der Waals surface area contributed by atoms with Gasteiger partial charge in [0.1, 0.15) is 23.5 Å². The third-order valence-electron chi connectivity index (χ3n) is 8.62. The molecule has 7 nitrogen and oxygen atoms in total. The van der Waals surface area contributed by atoms with E-state index in [1.165, 1.54) is 15.9 Å². The predicted octanol–water partition coefficient (Wildman–Crippen LogP) is 6.80. The van der Waals surface area contributed by atoms with Gasteiger partial charge in [-0.15, -0.1) is 0 Å². The van der Waals surface area contributed by atoms with E-state index in [0.717, 1.165) is 24.5 Å². The van der Waals surface area contributed by atoms with E-state index < -0.39 is 23.4 Å². The van der Waals surface area contributed by atoms with Gasteiger partial charge in [0.25, 0.3) is 0 Å². The highest BCUT2D eigenvalue weighted by atomic mass is 19.4. The molecule has 1 spiro atoms. The second-order valence-corrected chi connectivity index (χ2v) is 12.2. The van der Waals surface area contributed by atoms with E-state index in [-0.39, 0.29) is 42.2 Å². The van der Waals surface area contributed by atoms with E-state index in [0.29, 0.717) is 29.1 Å². The second-order valence-electron chi connectivity index (χ2n) is 12.2. The molecule has 1 aromatic heterocycles. The molecular weight excluding hydrogens is 537 g/mol. The molecule has 216 valence electrons. The van der Waals surface area contributed by atoms with Crippen LogP contribution in [0.4, 0.5) is 23.7 Å². The van der Waals surface area contributed by atoms with Gasteiger partial charge in [-0.2, -0.15) is 13.2 Å². The standard InChI is InChI=1S/C31H31F3N2O5/c1-29(2,3)26-20(7-6-14-35(26)28(38)39)18-10-12-24-22(15-18)30(17-40-24)21-8-4-5-9-23(21)36(27(30)37)16-19-11-13-25(41-19)31(32,33)34/h4-5,8-13,15,20,26H,6-7,14,16-17H2,1-3H3,(H,38,39). The third kappa shape index (κ3) is 4.26. The molecule has 2 amide bonds. The number of piperidine rings is 1. The molecule has 4 heterocycles. The number of carbonyl (C=O) groups excluding carboxylic acids is 1. The summed E-state index contributed by atoms with van der Waals surface area (Å²) in [5.74, 6) is -0.918. The predicted molar refractivity (Wildman–Crippen MR) is 144 cm³/mol. The van der Waals surface area contributed by atoms with Gasteiger partial charge in [0, 0.05) is 29.8 Å². The molecule has 10 heteroatoms. The summed E-state index contributed by atoms with van der Waals surface area (Å²) in [6.45, 7) is 6.48. The van der Waals surface area contributed by atoms with Gasteiger partial charge in [-0.05, 0) is 53.6 Å². The maximum atomic E-state index is 14.3. The first-order chi connectivity index (χ1) is 19.3. The van der Waals surface area contributed by atoms with Crippen molar-refractivity contribution in [2.45, 2.75) is 63.7 Å². The van der Waals surface area contributed by atoms with Crippen LogP contribution in [0.25, 0.3) is 0 Å². The van der Waals surface area contributed by atoms with Crippen LogP contribution in [0.2, 0.25) is 0 Å². The number of carboxylic acid groups (broad SMARTS) is 1. The van der Waals surface area contributed by atoms with Gasteiger partial charge in [0.2, 0.25) is 11.7 Å². The molecule has 3 aromatic rings. The Hall–Kier alpha value is -3.95. The average Bonchev–Trinajstić information content (AvgIpc) is 3.61. The average molecular weight is 569 g/mol. The highest BCUT2D eigenvalue weighted by molar-refractivity contribution is 6.11. The number of amides is 2. The minimum Gasteiger partial charge on any atom is -0.491 e. The Labute approximate surface area is 235 Å². The van der Waals surface area contributed by atoms with Crippen LogP contribution in [0.15, 0.2) is 59.0 Å². The molecule has 0 aliphatic carbocycles. The maximum absolute atomic E-state index is 14.3. The minimum absolute atomic E-state index is 0.0226. The van der Waals surface area contributed by atoms with Gasteiger partial charge in [-0.1, -0.05) is 51.1 Å². The van der Waals surface area contributed by atoms with E-state index in [9.17, 15) is 27.9 Å². The SMILES string of the molecule is CC(C)(C)C1C(c2ccc3c(c2)C2(CO3)C(=O)N(Cc3ccc(C(F)(F)F)o3)c3ccccc32)CCCN1C(=O)O. The molecule has 3 aliphatic heterocycles. The molecule has 1 saturated heterocycles. The Morgan fingerprint density at radius 1 is 1.07 bits per heavy atom. The van der Waals surface area contributed by atoms with Crippen molar-refractivity contribution in [3.05, 3.63) is 82.8 Å². The monoisotopic (exact) mass is 568 g/mol. The molecule has 3 atom stereocenters. The number of hydrogen-bond acceptors (Lipinski definition) is 4. The summed E-state index contributed by atoms with van der Waals surface area (Å²) in [6, 6.07) is 14.9. The van der Waals surface area contributed by atoms with Gasteiger partial charge in [0.05, 0.1) is 6.54 Å². The number of benzene rings is 2. The molecule has 41 heavy (non-hydrogen) atoms.